The summed E-state index contributed by atoms with van der Waals surface area (Å²) >= 11 is 6.19. The average molecular weight is 419 g/mol. The minimum atomic E-state index is -0.623. The number of carbonyl (C=O) groups is 2. The van der Waals surface area contributed by atoms with Crippen LogP contribution in [-0.2, 0) is 9.59 Å². The number of fused-ring (bicyclic) bond motifs is 1. The van der Waals surface area contributed by atoms with Gasteiger partial charge in [-0.2, -0.15) is 0 Å². The molecule has 1 aliphatic heterocycles. The fraction of sp³-hybridized carbons (Fsp3) is 0.200. The summed E-state index contributed by atoms with van der Waals surface area (Å²) in [4.78, 5) is 23.2. The number of nitrogens with two attached hydrogens (primary N) is 1. The van der Waals surface area contributed by atoms with E-state index >= 15 is 0 Å². The second-order valence-electron chi connectivity index (χ2n) is 5.97. The largest absolute Gasteiger partial charge is 0.493 e. The first-order valence-corrected chi connectivity index (χ1v) is 9.01. The Hall–Kier alpha value is -3.39. The average Bonchev–Trinajstić information content (AvgIpc) is 2.71. The molecule has 0 unspecified atom stereocenters. The zero-order chi connectivity index (χ0) is 20.8. The first-order chi connectivity index (χ1) is 14.0. The number of methoxy groups -OCH3 is 1. The molecule has 9 heteroatoms. The molecule has 0 aliphatic carbocycles. The Morgan fingerprint density at radius 2 is 2.00 bits per heavy atom. The van der Waals surface area contributed by atoms with E-state index in [2.05, 4.69) is 5.32 Å². The van der Waals surface area contributed by atoms with Crippen LogP contribution in [0.25, 0.3) is 6.08 Å². The number of hydrogen-bond acceptors (Lipinski definition) is 6. The van der Waals surface area contributed by atoms with Crippen LogP contribution < -0.4 is 30.0 Å². The highest BCUT2D eigenvalue weighted by Crippen LogP contribution is 2.38. The van der Waals surface area contributed by atoms with Crippen LogP contribution in [0, 0.1) is 0 Å². The molecule has 0 saturated heterocycles. The summed E-state index contributed by atoms with van der Waals surface area (Å²) in [5, 5.41) is 3.11. The van der Waals surface area contributed by atoms with Crippen LogP contribution in [0.15, 0.2) is 36.4 Å². The Morgan fingerprint density at radius 1 is 1.21 bits per heavy atom. The van der Waals surface area contributed by atoms with Crippen LogP contribution >= 0.6 is 11.6 Å². The zero-order valence-corrected chi connectivity index (χ0v) is 16.3. The van der Waals surface area contributed by atoms with Crippen LogP contribution in [0.1, 0.15) is 5.56 Å². The number of halogens is 1. The van der Waals surface area contributed by atoms with E-state index in [9.17, 15) is 9.59 Å². The van der Waals surface area contributed by atoms with E-state index in [1.165, 1.54) is 19.3 Å². The normalized spacial score (nSPS) is 12.5. The van der Waals surface area contributed by atoms with Crippen LogP contribution in [0.4, 0.5) is 5.69 Å². The van der Waals surface area contributed by atoms with Crippen molar-refractivity contribution in [2.45, 2.75) is 0 Å². The summed E-state index contributed by atoms with van der Waals surface area (Å²) in [5.74, 6) is 0.735. The fourth-order valence-electron chi connectivity index (χ4n) is 2.60. The van der Waals surface area contributed by atoms with Gasteiger partial charge in [0.2, 0.25) is 5.91 Å². The van der Waals surface area contributed by atoms with Crippen molar-refractivity contribution in [3.05, 3.63) is 47.0 Å². The number of benzene rings is 2. The lowest BCUT2D eigenvalue weighted by molar-refractivity contribution is -0.120. The van der Waals surface area contributed by atoms with Gasteiger partial charge in [0, 0.05) is 17.8 Å². The monoisotopic (exact) mass is 418 g/mol. The molecule has 0 atom stereocenters. The third kappa shape index (κ3) is 5.32. The van der Waals surface area contributed by atoms with Crippen molar-refractivity contribution in [2.24, 2.45) is 5.73 Å². The second kappa shape index (κ2) is 9.20. The van der Waals surface area contributed by atoms with E-state index in [-0.39, 0.29) is 18.3 Å². The Kier molecular flexibility index (Phi) is 6.46. The van der Waals surface area contributed by atoms with Gasteiger partial charge >= 0.3 is 0 Å². The molecule has 1 heterocycles. The number of amides is 2. The van der Waals surface area contributed by atoms with E-state index in [4.69, 9.17) is 36.3 Å². The van der Waals surface area contributed by atoms with Gasteiger partial charge in [0.05, 0.1) is 12.1 Å². The van der Waals surface area contributed by atoms with E-state index < -0.39 is 5.91 Å². The highest BCUT2D eigenvalue weighted by molar-refractivity contribution is 6.32. The Morgan fingerprint density at radius 3 is 2.76 bits per heavy atom. The third-order valence-corrected chi connectivity index (χ3v) is 4.13. The van der Waals surface area contributed by atoms with Gasteiger partial charge in [0.25, 0.3) is 5.91 Å². The van der Waals surface area contributed by atoms with E-state index in [0.29, 0.717) is 46.7 Å². The molecule has 2 amide bonds. The van der Waals surface area contributed by atoms with Gasteiger partial charge in [-0.25, -0.2) is 0 Å². The molecule has 2 aromatic rings. The summed E-state index contributed by atoms with van der Waals surface area (Å²) in [6, 6.07) is 8.21. The number of primary amides is 1. The van der Waals surface area contributed by atoms with Gasteiger partial charge in [-0.1, -0.05) is 11.6 Å². The van der Waals surface area contributed by atoms with Crippen LogP contribution in [0.5, 0.6) is 23.0 Å². The predicted octanol–water partition coefficient (Wildman–Crippen LogP) is 2.64. The molecule has 1 aliphatic rings. The van der Waals surface area contributed by atoms with Gasteiger partial charge in [-0.15, -0.1) is 0 Å². The lowest BCUT2D eigenvalue weighted by atomic mass is 10.1. The van der Waals surface area contributed by atoms with E-state index in [1.807, 2.05) is 0 Å². The third-order valence-electron chi connectivity index (χ3n) is 3.85. The quantitative estimate of drug-likeness (QED) is 0.669. The Bertz CT molecular complexity index is 960. The molecule has 0 radical (unpaired) electrons. The van der Waals surface area contributed by atoms with Crippen molar-refractivity contribution in [3.8, 4) is 23.0 Å². The molecule has 152 valence electrons. The fourth-order valence-corrected chi connectivity index (χ4v) is 2.87. The molecule has 8 nitrogen and oxygen atoms in total. The SMILES string of the molecule is COc1ccc(NC(=O)/C=C/c2cc(Cl)c3c(c2)OCCO3)cc1OCC(N)=O. The van der Waals surface area contributed by atoms with Crippen molar-refractivity contribution >= 4 is 35.2 Å². The van der Waals surface area contributed by atoms with Crippen molar-refractivity contribution in [2.75, 3.05) is 32.2 Å². The number of anilines is 1. The molecule has 2 aromatic carbocycles. The summed E-state index contributed by atoms with van der Waals surface area (Å²) in [5.41, 5.74) is 6.24. The number of hydrogen-bond donors (Lipinski definition) is 2. The Labute approximate surface area is 172 Å². The number of nitrogens with one attached hydrogen (secondary N) is 1. The van der Waals surface area contributed by atoms with Gasteiger partial charge in [-0.3, -0.25) is 9.59 Å². The van der Waals surface area contributed by atoms with Gasteiger partial charge in [0.15, 0.2) is 29.6 Å². The van der Waals surface area contributed by atoms with Crippen molar-refractivity contribution in [1.82, 2.24) is 0 Å². The maximum atomic E-state index is 12.3. The smallest absolute Gasteiger partial charge is 0.255 e. The number of rotatable bonds is 7. The molecule has 3 rings (SSSR count). The van der Waals surface area contributed by atoms with Crippen LogP contribution in [0.2, 0.25) is 5.02 Å². The number of ether oxygens (including phenoxy) is 4. The molecule has 29 heavy (non-hydrogen) atoms. The molecule has 0 bridgehead atoms. The highest BCUT2D eigenvalue weighted by atomic mass is 35.5. The maximum Gasteiger partial charge on any atom is 0.255 e. The van der Waals surface area contributed by atoms with Crippen LogP contribution in [-0.4, -0.2) is 38.7 Å². The maximum absolute atomic E-state index is 12.3. The van der Waals surface area contributed by atoms with Gasteiger partial charge in [-0.05, 0) is 35.9 Å². The van der Waals surface area contributed by atoms with Gasteiger partial charge in [0.1, 0.15) is 13.2 Å². The minimum absolute atomic E-state index is 0.284. The molecular formula is C20H19ClN2O6. The summed E-state index contributed by atoms with van der Waals surface area (Å²) in [6.45, 7) is 0.574. The minimum Gasteiger partial charge on any atom is -0.493 e. The molecular weight excluding hydrogens is 400 g/mol. The van der Waals surface area contributed by atoms with E-state index in [0.717, 1.165) is 0 Å². The lowest BCUT2D eigenvalue weighted by Gasteiger charge is -2.19. The lowest BCUT2D eigenvalue weighted by Crippen LogP contribution is -2.20. The topological polar surface area (TPSA) is 109 Å². The van der Waals surface area contributed by atoms with Gasteiger partial charge < -0.3 is 30.0 Å². The standard InChI is InChI=1S/C20H19ClN2O6/c1-26-15-4-3-13(10-16(15)29-11-18(22)24)23-19(25)5-2-12-8-14(21)20-17(9-12)27-6-7-28-20/h2-5,8-10H,6-7,11H2,1H3,(H2,22,24)(H,23,25)/b5-2+. The predicted molar refractivity (Wildman–Crippen MR) is 108 cm³/mol. The molecule has 0 fully saturated rings. The Balaban J connectivity index is 1.69. The summed E-state index contributed by atoms with van der Waals surface area (Å²) < 4.78 is 21.4. The first kappa shape index (κ1) is 20.3. The molecule has 3 N–H and O–H groups in total. The first-order valence-electron chi connectivity index (χ1n) is 8.63. The summed E-state index contributed by atoms with van der Waals surface area (Å²) in [6.07, 6.45) is 2.96. The van der Waals surface area contributed by atoms with Crippen molar-refractivity contribution < 1.29 is 28.5 Å². The molecule has 0 saturated carbocycles. The summed E-state index contributed by atoms with van der Waals surface area (Å²) in [7, 11) is 1.46. The highest BCUT2D eigenvalue weighted by Gasteiger charge is 2.16. The van der Waals surface area contributed by atoms with Crippen molar-refractivity contribution in [3.63, 3.8) is 0 Å². The molecule has 0 aromatic heterocycles. The number of carbonyl (C=O) groups excluding carboxylic acids is 2. The van der Waals surface area contributed by atoms with Crippen LogP contribution in [0.3, 0.4) is 0 Å². The van der Waals surface area contributed by atoms with Crippen molar-refractivity contribution in [1.29, 1.82) is 0 Å². The van der Waals surface area contributed by atoms with E-state index in [1.54, 1.807) is 30.3 Å². The molecule has 0 spiro atoms. The second-order valence-corrected chi connectivity index (χ2v) is 6.38. The zero-order valence-electron chi connectivity index (χ0n) is 15.6.